The second kappa shape index (κ2) is 5.60. The Labute approximate surface area is 133 Å². The third kappa shape index (κ3) is 2.51. The molecular weight excluding hydrogens is 300 g/mol. The quantitative estimate of drug-likeness (QED) is 0.938. The average molecular weight is 319 g/mol. The van der Waals surface area contributed by atoms with Gasteiger partial charge in [-0.15, -0.1) is 0 Å². The van der Waals surface area contributed by atoms with Gasteiger partial charge in [-0.2, -0.15) is 8.78 Å². The first-order valence-electron chi connectivity index (χ1n) is 7.99. The minimum atomic E-state index is -2.78. The Hall–Kier alpha value is -1.95. The van der Waals surface area contributed by atoms with Crippen molar-refractivity contribution in [2.45, 2.75) is 44.4 Å². The molecule has 0 radical (unpaired) electrons. The highest BCUT2D eigenvalue weighted by Crippen LogP contribution is 2.49. The average Bonchev–Trinajstić information content (AvgIpc) is 2.95. The maximum Gasteiger partial charge on any atom is 0.387 e. The molecule has 0 amide bonds. The molecule has 0 bridgehead atoms. The molecule has 2 heterocycles. The zero-order chi connectivity index (χ0) is 15.9. The van der Waals surface area contributed by atoms with Crippen molar-refractivity contribution in [2.75, 3.05) is 6.54 Å². The van der Waals surface area contributed by atoms with Gasteiger partial charge in [-0.05, 0) is 37.0 Å². The van der Waals surface area contributed by atoms with Gasteiger partial charge in [0.2, 0.25) is 0 Å². The van der Waals surface area contributed by atoms with Crippen molar-refractivity contribution < 1.29 is 13.5 Å². The number of aromatic amines is 1. The monoisotopic (exact) mass is 319 g/mol. The van der Waals surface area contributed by atoms with Gasteiger partial charge in [-0.25, -0.2) is 4.98 Å². The number of fused-ring (bicyclic) bond motifs is 2. The lowest BCUT2D eigenvalue weighted by molar-refractivity contribution is -0.0498. The molecule has 0 unspecified atom stereocenters. The van der Waals surface area contributed by atoms with E-state index in [0.29, 0.717) is 0 Å². The molecule has 122 valence electrons. The van der Waals surface area contributed by atoms with Crippen molar-refractivity contribution in [3.8, 4) is 5.75 Å². The number of hydrogen-bond acceptors (Lipinski definition) is 3. The van der Waals surface area contributed by atoms with Crippen LogP contribution >= 0.6 is 0 Å². The van der Waals surface area contributed by atoms with Crippen LogP contribution in [0.5, 0.6) is 5.75 Å². The number of aromatic nitrogens is 2. The Balaban J connectivity index is 1.53. The topological polar surface area (TPSA) is 41.1 Å². The normalized spacial score (nSPS) is 19.6. The van der Waals surface area contributed by atoms with Crippen molar-refractivity contribution in [1.29, 1.82) is 0 Å². The highest BCUT2D eigenvalue weighted by Gasteiger charge is 2.48. The van der Waals surface area contributed by atoms with Gasteiger partial charge in [0.05, 0.1) is 17.6 Å². The van der Waals surface area contributed by atoms with Gasteiger partial charge in [0, 0.05) is 25.2 Å². The lowest BCUT2D eigenvalue weighted by Crippen LogP contribution is -2.54. The van der Waals surface area contributed by atoms with Gasteiger partial charge in [-0.3, -0.25) is 4.90 Å². The van der Waals surface area contributed by atoms with Crippen LogP contribution in [0.3, 0.4) is 0 Å². The van der Waals surface area contributed by atoms with Gasteiger partial charge in [0.25, 0.3) is 0 Å². The molecule has 0 saturated heterocycles. The van der Waals surface area contributed by atoms with Crippen LogP contribution < -0.4 is 4.74 Å². The molecule has 1 aliphatic heterocycles. The van der Waals surface area contributed by atoms with Gasteiger partial charge in [0.15, 0.2) is 0 Å². The van der Waals surface area contributed by atoms with Crippen LogP contribution in [0, 0.1) is 0 Å². The lowest BCUT2D eigenvalue weighted by Gasteiger charge is -2.52. The number of nitrogens with zero attached hydrogens (tertiary/aromatic N) is 2. The maximum absolute atomic E-state index is 12.2. The number of nitrogens with one attached hydrogen (secondary N) is 1. The van der Waals surface area contributed by atoms with E-state index >= 15 is 0 Å². The zero-order valence-electron chi connectivity index (χ0n) is 12.8. The summed E-state index contributed by atoms with van der Waals surface area (Å²) in [7, 11) is 0. The van der Waals surface area contributed by atoms with E-state index in [1.165, 1.54) is 17.8 Å². The molecule has 0 atom stereocenters. The van der Waals surface area contributed by atoms with Crippen molar-refractivity contribution >= 4 is 0 Å². The molecule has 1 N–H and O–H groups in total. The maximum atomic E-state index is 12.2. The molecule has 1 fully saturated rings. The number of rotatable bonds is 4. The van der Waals surface area contributed by atoms with Crippen LogP contribution in [0.4, 0.5) is 8.78 Å². The largest absolute Gasteiger partial charge is 0.435 e. The summed E-state index contributed by atoms with van der Waals surface area (Å²) in [4.78, 5) is 10.3. The molecule has 2 aromatic rings. The summed E-state index contributed by atoms with van der Waals surface area (Å²) < 4.78 is 28.8. The first-order chi connectivity index (χ1) is 11.2. The Morgan fingerprint density at radius 3 is 2.70 bits per heavy atom. The predicted molar refractivity (Wildman–Crippen MR) is 81.3 cm³/mol. The first-order valence-corrected chi connectivity index (χ1v) is 7.99. The lowest BCUT2D eigenvalue weighted by atomic mass is 9.70. The predicted octanol–water partition coefficient (Wildman–Crippen LogP) is 3.45. The summed E-state index contributed by atoms with van der Waals surface area (Å²) >= 11 is 0. The van der Waals surface area contributed by atoms with E-state index in [-0.39, 0.29) is 11.3 Å². The Kier molecular flexibility index (Phi) is 3.56. The number of benzene rings is 1. The van der Waals surface area contributed by atoms with Crippen LogP contribution in [-0.4, -0.2) is 28.0 Å². The molecular formula is C17H19F2N3O. The van der Waals surface area contributed by atoms with E-state index in [1.807, 2.05) is 12.1 Å². The summed E-state index contributed by atoms with van der Waals surface area (Å²) in [6.07, 6.45) is 6.27. The molecule has 1 spiro atoms. The van der Waals surface area contributed by atoms with Gasteiger partial charge >= 0.3 is 6.61 Å². The van der Waals surface area contributed by atoms with E-state index in [0.717, 1.165) is 37.9 Å². The van der Waals surface area contributed by atoms with Crippen LogP contribution in [0.25, 0.3) is 0 Å². The summed E-state index contributed by atoms with van der Waals surface area (Å²) in [6.45, 7) is -0.981. The number of alkyl halides is 2. The van der Waals surface area contributed by atoms with Crippen molar-refractivity contribution in [3.63, 3.8) is 0 Å². The standard InChI is InChI=1S/C17H19F2N3O/c18-16(19)23-13-4-2-12(3-5-13)10-22-9-6-14-15(21-11-20-14)17(22)7-1-8-17/h2-5,11,16H,1,6-10H2,(H,20,21). The van der Waals surface area contributed by atoms with E-state index in [1.54, 1.807) is 18.5 Å². The molecule has 4 nitrogen and oxygen atoms in total. The van der Waals surface area contributed by atoms with Crippen LogP contribution in [0.2, 0.25) is 0 Å². The second-order valence-electron chi connectivity index (χ2n) is 6.31. The molecule has 4 rings (SSSR count). The number of H-pyrrole nitrogens is 1. The highest BCUT2D eigenvalue weighted by molar-refractivity contribution is 5.31. The smallest absolute Gasteiger partial charge is 0.387 e. The summed E-state index contributed by atoms with van der Waals surface area (Å²) in [6, 6.07) is 6.95. The minimum Gasteiger partial charge on any atom is -0.435 e. The number of halogens is 2. The van der Waals surface area contributed by atoms with E-state index < -0.39 is 6.61 Å². The third-order valence-corrected chi connectivity index (χ3v) is 5.10. The molecule has 1 aliphatic carbocycles. The SMILES string of the molecule is FC(F)Oc1ccc(CN2CCc3[nH]cnc3C23CCC3)cc1. The number of ether oxygens (including phenoxy) is 1. The van der Waals surface area contributed by atoms with Crippen molar-refractivity contribution in [2.24, 2.45) is 0 Å². The van der Waals surface area contributed by atoms with Crippen LogP contribution in [-0.2, 0) is 18.5 Å². The fraction of sp³-hybridized carbons (Fsp3) is 0.471. The molecule has 23 heavy (non-hydrogen) atoms. The summed E-state index contributed by atoms with van der Waals surface area (Å²) in [5, 5.41) is 0. The molecule has 6 heteroatoms. The Bertz CT molecular complexity index is 679. The highest BCUT2D eigenvalue weighted by atomic mass is 19.3. The Morgan fingerprint density at radius 1 is 1.26 bits per heavy atom. The number of imidazole rings is 1. The second-order valence-corrected chi connectivity index (χ2v) is 6.31. The first kappa shape index (κ1) is 14.6. The van der Waals surface area contributed by atoms with Gasteiger partial charge in [-0.1, -0.05) is 12.1 Å². The van der Waals surface area contributed by atoms with Crippen LogP contribution in [0.15, 0.2) is 30.6 Å². The third-order valence-electron chi connectivity index (χ3n) is 5.10. The van der Waals surface area contributed by atoms with E-state index in [4.69, 9.17) is 0 Å². The Morgan fingerprint density at radius 2 is 2.04 bits per heavy atom. The molecule has 1 saturated carbocycles. The minimum absolute atomic E-state index is 0.0612. The van der Waals surface area contributed by atoms with Crippen molar-refractivity contribution in [1.82, 2.24) is 14.9 Å². The van der Waals surface area contributed by atoms with Gasteiger partial charge in [0.1, 0.15) is 5.75 Å². The molecule has 1 aromatic heterocycles. The van der Waals surface area contributed by atoms with Crippen molar-refractivity contribution in [3.05, 3.63) is 47.5 Å². The molecule has 1 aromatic carbocycles. The van der Waals surface area contributed by atoms with Crippen LogP contribution in [0.1, 0.15) is 36.2 Å². The van der Waals surface area contributed by atoms with Gasteiger partial charge < -0.3 is 9.72 Å². The fourth-order valence-corrected chi connectivity index (χ4v) is 3.81. The van der Waals surface area contributed by atoms with E-state index in [9.17, 15) is 8.78 Å². The fourth-order valence-electron chi connectivity index (χ4n) is 3.81. The summed E-state index contributed by atoms with van der Waals surface area (Å²) in [5.74, 6) is 0.204. The zero-order valence-corrected chi connectivity index (χ0v) is 12.8. The molecule has 2 aliphatic rings. The summed E-state index contributed by atoms with van der Waals surface area (Å²) in [5.41, 5.74) is 3.64. The number of hydrogen-bond donors (Lipinski definition) is 1. The van der Waals surface area contributed by atoms with E-state index in [2.05, 4.69) is 19.6 Å².